The zero-order valence-electron chi connectivity index (χ0n) is 12.2. The number of nitrogens with zero attached hydrogens (tertiary/aromatic N) is 1. The number of hydrogen-bond donors (Lipinski definition) is 0. The van der Waals surface area contributed by atoms with Gasteiger partial charge in [0.2, 0.25) is 0 Å². The highest BCUT2D eigenvalue weighted by Crippen LogP contribution is 2.67. The maximum absolute atomic E-state index is 2.78. The van der Waals surface area contributed by atoms with Gasteiger partial charge >= 0.3 is 0 Å². The van der Waals surface area contributed by atoms with Crippen LogP contribution in [0.4, 0.5) is 0 Å². The van der Waals surface area contributed by atoms with Crippen molar-refractivity contribution in [1.29, 1.82) is 0 Å². The van der Waals surface area contributed by atoms with Crippen LogP contribution in [0.1, 0.15) is 50.8 Å². The van der Waals surface area contributed by atoms with Crippen LogP contribution in [-0.4, -0.2) is 17.0 Å². The topological polar surface area (TPSA) is 3.24 Å². The lowest BCUT2D eigenvalue weighted by molar-refractivity contribution is 0.0975. The molecule has 19 heavy (non-hydrogen) atoms. The smallest absolute Gasteiger partial charge is 0.0540 e. The second kappa shape index (κ2) is 3.52. The van der Waals surface area contributed by atoms with Gasteiger partial charge in [0.25, 0.3) is 0 Å². The first-order valence-electron chi connectivity index (χ1n) is 7.64. The zero-order valence-corrected chi connectivity index (χ0v) is 12.2. The fourth-order valence-electron chi connectivity index (χ4n) is 4.54. The predicted octanol–water partition coefficient (Wildman–Crippen LogP) is 4.06. The molecule has 4 unspecified atom stereocenters. The minimum atomic E-state index is 0.379. The molecular formula is C18H23N. The highest BCUT2D eigenvalue weighted by molar-refractivity contribution is 5.51. The lowest BCUT2D eigenvalue weighted by Crippen LogP contribution is -2.49. The van der Waals surface area contributed by atoms with E-state index in [0.29, 0.717) is 17.0 Å². The van der Waals surface area contributed by atoms with Crippen LogP contribution in [0.25, 0.3) is 0 Å². The third kappa shape index (κ3) is 1.30. The first-order valence-corrected chi connectivity index (χ1v) is 7.64. The lowest BCUT2D eigenvalue weighted by atomic mass is 9.78. The average molecular weight is 253 g/mol. The van der Waals surface area contributed by atoms with Crippen LogP contribution in [0.15, 0.2) is 36.4 Å². The average Bonchev–Trinajstić information content (AvgIpc) is 3.04. The molecule has 1 aromatic carbocycles. The second-order valence-electron chi connectivity index (χ2n) is 7.02. The molecule has 0 N–H and O–H groups in total. The Balaban J connectivity index is 1.88. The molecule has 0 radical (unpaired) electrons. The largest absolute Gasteiger partial charge is 0.286 e. The Hall–Kier alpha value is -1.08. The number of fused-ring (bicyclic) bond motifs is 6. The highest BCUT2D eigenvalue weighted by atomic mass is 15.3. The summed E-state index contributed by atoms with van der Waals surface area (Å²) in [7, 11) is 0. The molecule has 1 aromatic rings. The molecule has 4 atom stereocenters. The van der Waals surface area contributed by atoms with Crippen molar-refractivity contribution in [3.63, 3.8) is 0 Å². The molecule has 1 saturated carbocycles. The first-order chi connectivity index (χ1) is 9.10. The summed E-state index contributed by atoms with van der Waals surface area (Å²) in [6.07, 6.45) is 7.48. The van der Waals surface area contributed by atoms with Gasteiger partial charge in [0.15, 0.2) is 0 Å². The quantitative estimate of drug-likeness (QED) is 0.682. The van der Waals surface area contributed by atoms with Crippen molar-refractivity contribution in [1.82, 2.24) is 4.90 Å². The molecule has 4 rings (SSSR count). The summed E-state index contributed by atoms with van der Waals surface area (Å²) in [5, 5.41) is 0. The van der Waals surface area contributed by atoms with E-state index in [2.05, 4.69) is 62.1 Å². The van der Waals surface area contributed by atoms with Crippen LogP contribution in [0.3, 0.4) is 0 Å². The van der Waals surface area contributed by atoms with E-state index in [1.54, 1.807) is 11.1 Å². The van der Waals surface area contributed by atoms with E-state index in [1.807, 2.05) is 0 Å². The summed E-state index contributed by atoms with van der Waals surface area (Å²) in [6.45, 7) is 8.48. The van der Waals surface area contributed by atoms with E-state index >= 15 is 0 Å². The van der Waals surface area contributed by atoms with E-state index in [1.165, 1.54) is 19.4 Å². The van der Waals surface area contributed by atoms with Gasteiger partial charge in [0.05, 0.1) is 6.04 Å². The van der Waals surface area contributed by atoms with Gasteiger partial charge in [-0.1, -0.05) is 50.3 Å². The van der Waals surface area contributed by atoms with Gasteiger partial charge in [-0.15, -0.1) is 0 Å². The molecule has 0 spiro atoms. The van der Waals surface area contributed by atoms with E-state index in [0.717, 1.165) is 5.92 Å². The molecule has 0 amide bonds. The van der Waals surface area contributed by atoms with Crippen molar-refractivity contribution in [2.24, 2.45) is 5.92 Å². The Labute approximate surface area is 116 Å². The van der Waals surface area contributed by atoms with Crippen LogP contribution in [0.2, 0.25) is 0 Å². The molecular weight excluding hydrogens is 230 g/mol. The number of hydrogen-bond acceptors (Lipinski definition) is 1. The van der Waals surface area contributed by atoms with Gasteiger partial charge in [-0.25, -0.2) is 0 Å². The first kappa shape index (κ1) is 11.7. The van der Waals surface area contributed by atoms with E-state index in [-0.39, 0.29) is 0 Å². The van der Waals surface area contributed by atoms with Gasteiger partial charge in [-0.2, -0.15) is 0 Å². The Morgan fingerprint density at radius 3 is 2.79 bits per heavy atom. The summed E-state index contributed by atoms with van der Waals surface area (Å²) in [6, 6.07) is 9.62. The molecule has 1 aliphatic carbocycles. The van der Waals surface area contributed by atoms with Crippen LogP contribution < -0.4 is 0 Å². The van der Waals surface area contributed by atoms with Crippen molar-refractivity contribution >= 4 is 0 Å². The molecule has 0 aromatic heterocycles. The van der Waals surface area contributed by atoms with Crippen LogP contribution >= 0.6 is 0 Å². The van der Waals surface area contributed by atoms with Gasteiger partial charge < -0.3 is 0 Å². The maximum Gasteiger partial charge on any atom is 0.0540 e. The highest BCUT2D eigenvalue weighted by Gasteiger charge is 2.69. The van der Waals surface area contributed by atoms with Gasteiger partial charge in [-0.05, 0) is 36.8 Å². The summed E-state index contributed by atoms with van der Waals surface area (Å²) in [5.41, 5.74) is 3.90. The van der Waals surface area contributed by atoms with Gasteiger partial charge in [-0.3, -0.25) is 4.90 Å². The normalized spacial score (nSPS) is 43.3. The summed E-state index contributed by atoms with van der Waals surface area (Å²) < 4.78 is 0. The fourth-order valence-corrected chi connectivity index (χ4v) is 4.54. The Kier molecular flexibility index (Phi) is 2.17. The van der Waals surface area contributed by atoms with Crippen molar-refractivity contribution in [3.05, 3.63) is 47.5 Å². The fraction of sp³-hybridized carbons (Fsp3) is 0.556. The second-order valence-corrected chi connectivity index (χ2v) is 7.02. The van der Waals surface area contributed by atoms with Crippen LogP contribution in [-0.2, 0) is 5.41 Å². The van der Waals surface area contributed by atoms with Gasteiger partial charge in [0, 0.05) is 17.5 Å². The maximum atomic E-state index is 2.78. The minimum absolute atomic E-state index is 0.379. The minimum Gasteiger partial charge on any atom is -0.286 e. The molecule has 3 aliphatic rings. The van der Waals surface area contributed by atoms with Crippen molar-refractivity contribution in [2.75, 3.05) is 6.54 Å². The Bertz CT molecular complexity index is 561. The monoisotopic (exact) mass is 253 g/mol. The van der Waals surface area contributed by atoms with Crippen molar-refractivity contribution in [3.8, 4) is 0 Å². The third-order valence-corrected chi connectivity index (χ3v) is 6.13. The van der Waals surface area contributed by atoms with E-state index in [9.17, 15) is 0 Å². The third-order valence-electron chi connectivity index (χ3n) is 6.13. The Morgan fingerprint density at radius 1 is 1.21 bits per heavy atom. The molecule has 100 valence electrons. The lowest BCUT2D eigenvalue weighted by Gasteiger charge is -2.47. The molecule has 2 heterocycles. The van der Waals surface area contributed by atoms with Crippen molar-refractivity contribution in [2.45, 2.75) is 50.6 Å². The van der Waals surface area contributed by atoms with Crippen LogP contribution in [0.5, 0.6) is 0 Å². The van der Waals surface area contributed by atoms with Gasteiger partial charge in [0.1, 0.15) is 0 Å². The molecule has 1 heteroatoms. The van der Waals surface area contributed by atoms with Crippen LogP contribution in [0, 0.1) is 5.92 Å². The predicted molar refractivity (Wildman–Crippen MR) is 79.2 cm³/mol. The SMILES string of the molecule is CCC1C=CC2c3ccccc3C3(C)CC3(C)N2C1. The summed E-state index contributed by atoms with van der Waals surface area (Å²) in [4.78, 5) is 2.78. The number of rotatable bonds is 1. The number of benzene rings is 1. The molecule has 0 saturated heterocycles. The van der Waals surface area contributed by atoms with E-state index < -0.39 is 0 Å². The molecule has 0 bridgehead atoms. The zero-order chi connectivity index (χ0) is 13.3. The van der Waals surface area contributed by atoms with E-state index in [4.69, 9.17) is 0 Å². The molecule has 2 aliphatic heterocycles. The van der Waals surface area contributed by atoms with Crippen molar-refractivity contribution < 1.29 is 0 Å². The summed E-state index contributed by atoms with van der Waals surface area (Å²) in [5.74, 6) is 0.739. The standard InChI is InChI=1S/C18H23N/c1-4-13-9-10-16-14-7-5-6-8-15(14)17(2)12-18(17,3)19(16)11-13/h5-10,13,16H,4,11-12H2,1-3H3. The molecule has 1 fully saturated rings. The summed E-state index contributed by atoms with van der Waals surface area (Å²) >= 11 is 0. The molecule has 1 nitrogen and oxygen atoms in total. The Morgan fingerprint density at radius 2 is 2.00 bits per heavy atom.